The number of nitrogens with one attached hydrogen (secondary N) is 2. The van der Waals surface area contributed by atoms with Crippen molar-refractivity contribution in [3.63, 3.8) is 0 Å². The first kappa shape index (κ1) is 31.3. The smallest absolute Gasteiger partial charge is 0.343 e. The number of carbonyl (C=O) groups is 2. The Labute approximate surface area is 277 Å². The standard InChI is InChI=1S/C32H24Br3N3O6/c1-41-25-12-18(13-26(42-2)30(25)43-3)32(40)44-29-19(11-21(34)15-23(29)35)16-36-38-31(39)28-27(17-7-5-4-6-8-17)22-14-20(33)9-10-24(22)37-28/h4-16,37H,1-3H3,(H,38,39). The van der Waals surface area contributed by atoms with Gasteiger partial charge in [0.1, 0.15) is 5.69 Å². The number of aromatic nitrogens is 1. The van der Waals surface area contributed by atoms with E-state index in [0.29, 0.717) is 37.5 Å². The molecule has 0 aliphatic heterocycles. The fraction of sp³-hybridized carbons (Fsp3) is 0.0938. The molecule has 0 bridgehead atoms. The predicted molar refractivity (Wildman–Crippen MR) is 179 cm³/mol. The van der Waals surface area contributed by atoms with Gasteiger partial charge in [-0.2, -0.15) is 5.10 Å². The van der Waals surface area contributed by atoms with Gasteiger partial charge in [-0.25, -0.2) is 10.2 Å². The van der Waals surface area contributed by atoms with Crippen LogP contribution in [0.5, 0.6) is 23.0 Å². The molecule has 1 heterocycles. The summed E-state index contributed by atoms with van der Waals surface area (Å²) in [4.78, 5) is 29.9. The van der Waals surface area contributed by atoms with Crippen LogP contribution in [-0.4, -0.2) is 44.4 Å². The highest BCUT2D eigenvalue weighted by atomic mass is 79.9. The van der Waals surface area contributed by atoms with E-state index in [1.807, 2.05) is 48.5 Å². The number of hydrazone groups is 1. The van der Waals surface area contributed by atoms with Crippen molar-refractivity contribution in [3.8, 4) is 34.1 Å². The monoisotopic (exact) mass is 783 g/mol. The first-order valence-electron chi connectivity index (χ1n) is 12.9. The normalized spacial score (nSPS) is 11.0. The van der Waals surface area contributed by atoms with Gasteiger partial charge in [0, 0.05) is 31.0 Å². The highest BCUT2D eigenvalue weighted by Crippen LogP contribution is 2.39. The molecule has 0 radical (unpaired) electrons. The molecule has 2 N–H and O–H groups in total. The highest BCUT2D eigenvalue weighted by molar-refractivity contribution is 9.11. The van der Waals surface area contributed by atoms with Crippen LogP contribution in [0.15, 0.2) is 91.3 Å². The van der Waals surface area contributed by atoms with Crippen LogP contribution in [0.1, 0.15) is 26.4 Å². The average Bonchev–Trinajstić information content (AvgIpc) is 3.40. The van der Waals surface area contributed by atoms with Crippen molar-refractivity contribution in [2.24, 2.45) is 5.10 Å². The molecule has 12 heteroatoms. The topological polar surface area (TPSA) is 111 Å². The number of hydrogen-bond acceptors (Lipinski definition) is 7. The molecule has 0 aliphatic carbocycles. The minimum atomic E-state index is -0.678. The van der Waals surface area contributed by atoms with Crippen molar-refractivity contribution >= 4 is 76.8 Å². The summed E-state index contributed by atoms with van der Waals surface area (Å²) in [6.07, 6.45) is 1.40. The molecule has 0 saturated heterocycles. The first-order valence-corrected chi connectivity index (χ1v) is 15.3. The Morgan fingerprint density at radius 1 is 0.818 bits per heavy atom. The van der Waals surface area contributed by atoms with Gasteiger partial charge >= 0.3 is 5.97 Å². The van der Waals surface area contributed by atoms with Crippen LogP contribution in [-0.2, 0) is 0 Å². The highest BCUT2D eigenvalue weighted by Gasteiger charge is 2.22. The third-order valence-corrected chi connectivity index (χ3v) is 8.09. The van der Waals surface area contributed by atoms with Crippen molar-refractivity contribution in [1.29, 1.82) is 0 Å². The summed E-state index contributed by atoms with van der Waals surface area (Å²) in [5, 5.41) is 5.08. The molecular formula is C32H24Br3N3O6. The summed E-state index contributed by atoms with van der Waals surface area (Å²) in [6.45, 7) is 0. The van der Waals surface area contributed by atoms with Gasteiger partial charge in [-0.15, -0.1) is 0 Å². The first-order chi connectivity index (χ1) is 21.2. The maximum atomic E-state index is 13.4. The van der Waals surface area contributed by atoms with Gasteiger partial charge in [0.2, 0.25) is 5.75 Å². The third kappa shape index (κ3) is 6.52. The number of esters is 1. The Bertz CT molecular complexity index is 1880. The SMILES string of the molecule is COc1cc(C(=O)Oc2c(Br)cc(Br)cc2C=NNC(=O)c2[nH]c3ccc(Br)cc3c2-c2ccccc2)cc(OC)c1OC. The second-order valence-electron chi connectivity index (χ2n) is 9.24. The van der Waals surface area contributed by atoms with E-state index < -0.39 is 11.9 Å². The Balaban J connectivity index is 1.44. The number of amides is 1. The van der Waals surface area contributed by atoms with E-state index in [0.717, 1.165) is 26.5 Å². The lowest BCUT2D eigenvalue weighted by Gasteiger charge is -2.15. The Morgan fingerprint density at radius 3 is 2.18 bits per heavy atom. The number of benzene rings is 4. The van der Waals surface area contributed by atoms with Crippen LogP contribution in [0, 0.1) is 0 Å². The number of rotatable bonds is 9. The number of ether oxygens (including phenoxy) is 4. The molecule has 44 heavy (non-hydrogen) atoms. The van der Waals surface area contributed by atoms with Crippen LogP contribution in [0.2, 0.25) is 0 Å². The van der Waals surface area contributed by atoms with E-state index in [1.54, 1.807) is 12.1 Å². The van der Waals surface area contributed by atoms with E-state index in [2.05, 4.69) is 63.3 Å². The molecule has 1 amide bonds. The number of nitrogens with zero attached hydrogens (tertiary/aromatic N) is 1. The number of methoxy groups -OCH3 is 3. The molecule has 224 valence electrons. The van der Waals surface area contributed by atoms with Crippen molar-refractivity contribution in [2.45, 2.75) is 0 Å². The zero-order valence-electron chi connectivity index (χ0n) is 23.5. The van der Waals surface area contributed by atoms with Crippen molar-refractivity contribution in [1.82, 2.24) is 10.4 Å². The van der Waals surface area contributed by atoms with Gasteiger partial charge in [-0.05, 0) is 64.0 Å². The lowest BCUT2D eigenvalue weighted by atomic mass is 10.0. The molecule has 0 spiro atoms. The molecule has 0 saturated carbocycles. The van der Waals surface area contributed by atoms with E-state index in [4.69, 9.17) is 18.9 Å². The lowest BCUT2D eigenvalue weighted by molar-refractivity contribution is 0.0732. The molecule has 0 atom stereocenters. The maximum absolute atomic E-state index is 13.4. The molecular weight excluding hydrogens is 762 g/mol. The van der Waals surface area contributed by atoms with Crippen molar-refractivity contribution in [3.05, 3.63) is 103 Å². The molecule has 5 aromatic rings. The predicted octanol–water partition coefficient (Wildman–Crippen LogP) is 8.13. The summed E-state index contributed by atoms with van der Waals surface area (Å²) < 4.78 is 23.9. The molecule has 5 rings (SSSR count). The van der Waals surface area contributed by atoms with Crippen LogP contribution < -0.4 is 24.4 Å². The van der Waals surface area contributed by atoms with Crippen molar-refractivity contribution in [2.75, 3.05) is 21.3 Å². The number of carbonyl (C=O) groups excluding carboxylic acids is 2. The molecule has 0 unspecified atom stereocenters. The van der Waals surface area contributed by atoms with E-state index in [-0.39, 0.29) is 11.3 Å². The molecule has 4 aromatic carbocycles. The zero-order valence-corrected chi connectivity index (χ0v) is 28.3. The summed E-state index contributed by atoms with van der Waals surface area (Å²) in [6, 6.07) is 21.8. The van der Waals surface area contributed by atoms with Crippen molar-refractivity contribution < 1.29 is 28.5 Å². The van der Waals surface area contributed by atoms with Crippen LogP contribution >= 0.6 is 47.8 Å². The molecule has 9 nitrogen and oxygen atoms in total. The quantitative estimate of drug-likeness (QED) is 0.0676. The van der Waals surface area contributed by atoms with Crippen LogP contribution in [0.25, 0.3) is 22.0 Å². The third-order valence-electron chi connectivity index (χ3n) is 6.55. The minimum Gasteiger partial charge on any atom is -0.493 e. The second kappa shape index (κ2) is 13.7. The minimum absolute atomic E-state index is 0.171. The fourth-order valence-corrected chi connectivity index (χ4v) is 6.29. The summed E-state index contributed by atoms with van der Waals surface area (Å²) in [7, 11) is 4.39. The Kier molecular flexibility index (Phi) is 9.72. The number of aromatic amines is 1. The van der Waals surface area contributed by atoms with Gasteiger partial charge in [0.05, 0.1) is 37.6 Å². The zero-order chi connectivity index (χ0) is 31.4. The van der Waals surface area contributed by atoms with Gasteiger partial charge in [0.25, 0.3) is 5.91 Å². The largest absolute Gasteiger partial charge is 0.493 e. The number of hydrogen-bond donors (Lipinski definition) is 2. The number of fused-ring (bicyclic) bond motifs is 1. The summed E-state index contributed by atoms with van der Waals surface area (Å²) in [5.41, 5.74) is 5.96. The van der Waals surface area contributed by atoms with Crippen LogP contribution in [0.4, 0.5) is 0 Å². The maximum Gasteiger partial charge on any atom is 0.343 e. The van der Waals surface area contributed by atoms with Gasteiger partial charge in [-0.1, -0.05) is 62.2 Å². The summed E-state index contributed by atoms with van der Waals surface area (Å²) in [5.74, 6) is 0.0123. The molecule has 0 fully saturated rings. The molecule has 0 aliphatic rings. The summed E-state index contributed by atoms with van der Waals surface area (Å²) >= 11 is 10.4. The lowest BCUT2D eigenvalue weighted by Crippen LogP contribution is -2.19. The average molecular weight is 786 g/mol. The fourth-order valence-electron chi connectivity index (χ4n) is 4.59. The van der Waals surface area contributed by atoms with E-state index in [1.165, 1.54) is 39.7 Å². The van der Waals surface area contributed by atoms with Gasteiger partial charge < -0.3 is 23.9 Å². The molecule has 1 aromatic heterocycles. The van der Waals surface area contributed by atoms with Gasteiger partial charge in [0.15, 0.2) is 17.2 Å². The number of H-pyrrole nitrogens is 1. The number of halogens is 3. The van der Waals surface area contributed by atoms with E-state index in [9.17, 15) is 9.59 Å². The van der Waals surface area contributed by atoms with E-state index >= 15 is 0 Å². The Hall–Kier alpha value is -4.13. The van der Waals surface area contributed by atoms with Gasteiger partial charge in [-0.3, -0.25) is 4.79 Å². The Morgan fingerprint density at radius 2 is 1.52 bits per heavy atom. The van der Waals surface area contributed by atoms with Crippen LogP contribution in [0.3, 0.4) is 0 Å². The second-order valence-corrected chi connectivity index (χ2v) is 11.9.